The van der Waals surface area contributed by atoms with Gasteiger partial charge in [0.2, 0.25) is 11.8 Å². The van der Waals surface area contributed by atoms with Crippen molar-refractivity contribution < 1.29 is 44.5 Å². The fraction of sp³-hybridized carbons (Fsp3) is 0.429. The van der Waals surface area contributed by atoms with Gasteiger partial charge in [-0.3, -0.25) is 14.5 Å². The fourth-order valence-electron chi connectivity index (χ4n) is 5.77. The lowest BCUT2D eigenvalue weighted by Gasteiger charge is -2.36. The Labute approximate surface area is 226 Å². The van der Waals surface area contributed by atoms with Crippen LogP contribution in [0.4, 0.5) is 5.69 Å². The predicted molar refractivity (Wildman–Crippen MR) is 143 cm³/mol. The SMILES string of the molecule is CC/C(=C\c1ccc(CO)o1)CC[C@@H](O)C1=C(CO)C[C@H]2C(=O)N(c3cccc(B(O)O)c3)C(=O)[C@H]2[C@H]1CO. The first kappa shape index (κ1) is 28.9. The second kappa shape index (κ2) is 12.4. The summed E-state index contributed by atoms with van der Waals surface area (Å²) in [6, 6.07) is 9.27. The van der Waals surface area contributed by atoms with Crippen molar-refractivity contribution in [1.29, 1.82) is 0 Å². The van der Waals surface area contributed by atoms with E-state index in [1.807, 2.05) is 13.0 Å². The highest BCUT2D eigenvalue weighted by Crippen LogP contribution is 2.47. The highest BCUT2D eigenvalue weighted by molar-refractivity contribution is 6.58. The highest BCUT2D eigenvalue weighted by Gasteiger charge is 2.55. The van der Waals surface area contributed by atoms with Crippen LogP contribution in [0.25, 0.3) is 6.08 Å². The molecule has 1 aliphatic heterocycles. The van der Waals surface area contributed by atoms with E-state index in [-0.39, 0.29) is 30.6 Å². The molecule has 1 aromatic carbocycles. The van der Waals surface area contributed by atoms with Gasteiger partial charge in [-0.05, 0) is 72.6 Å². The quantitative estimate of drug-likeness (QED) is 0.135. The van der Waals surface area contributed by atoms with Crippen molar-refractivity contribution in [3.8, 4) is 0 Å². The van der Waals surface area contributed by atoms with E-state index in [2.05, 4.69) is 0 Å². The third-order valence-electron chi connectivity index (χ3n) is 7.73. The molecule has 0 spiro atoms. The summed E-state index contributed by atoms with van der Waals surface area (Å²) in [5.74, 6) is -2.61. The molecule has 1 aliphatic carbocycles. The second-order valence-electron chi connectivity index (χ2n) is 10.00. The Hall–Kier alpha value is -3.06. The van der Waals surface area contributed by atoms with Crippen LogP contribution in [0.1, 0.15) is 44.1 Å². The van der Waals surface area contributed by atoms with E-state index < -0.39 is 56.0 Å². The van der Waals surface area contributed by atoms with Gasteiger partial charge in [-0.1, -0.05) is 24.6 Å². The molecule has 10 nitrogen and oxygen atoms in total. The molecular formula is C28H34BNO9. The van der Waals surface area contributed by atoms with E-state index >= 15 is 0 Å². The molecule has 0 bridgehead atoms. The van der Waals surface area contributed by atoms with Gasteiger partial charge in [-0.25, -0.2) is 0 Å². The van der Waals surface area contributed by atoms with Crippen molar-refractivity contribution in [2.45, 2.75) is 45.3 Å². The number of carbonyl (C=O) groups is 2. The normalized spacial score (nSPS) is 22.5. The molecule has 2 aromatic rings. The first-order chi connectivity index (χ1) is 18.7. The molecule has 1 aromatic heterocycles. The Kier molecular flexibility index (Phi) is 9.21. The summed E-state index contributed by atoms with van der Waals surface area (Å²) in [5.41, 5.74) is 2.12. The van der Waals surface area contributed by atoms with Gasteiger partial charge in [0.05, 0.1) is 36.8 Å². The number of hydrogen-bond donors (Lipinski definition) is 6. The second-order valence-corrected chi connectivity index (χ2v) is 10.00. The maximum absolute atomic E-state index is 13.6. The summed E-state index contributed by atoms with van der Waals surface area (Å²) in [7, 11) is -1.78. The van der Waals surface area contributed by atoms with Gasteiger partial charge in [-0.15, -0.1) is 0 Å². The maximum atomic E-state index is 13.6. The van der Waals surface area contributed by atoms with Crippen molar-refractivity contribution in [2.24, 2.45) is 17.8 Å². The molecule has 1 saturated heterocycles. The van der Waals surface area contributed by atoms with Crippen LogP contribution in [0.15, 0.2) is 57.5 Å². The molecular weight excluding hydrogens is 505 g/mol. The van der Waals surface area contributed by atoms with Crippen LogP contribution in [0.3, 0.4) is 0 Å². The van der Waals surface area contributed by atoms with Crippen LogP contribution >= 0.6 is 0 Å². The van der Waals surface area contributed by atoms with Crippen LogP contribution in [0, 0.1) is 17.8 Å². The summed E-state index contributed by atoms with van der Waals surface area (Å²) >= 11 is 0. The van der Waals surface area contributed by atoms with E-state index in [1.54, 1.807) is 12.1 Å². The Morgan fingerprint density at radius 1 is 1.13 bits per heavy atom. The maximum Gasteiger partial charge on any atom is 0.488 e. The van der Waals surface area contributed by atoms with Crippen LogP contribution in [-0.2, 0) is 16.2 Å². The number of anilines is 1. The molecule has 4 atom stereocenters. The molecule has 39 heavy (non-hydrogen) atoms. The largest absolute Gasteiger partial charge is 0.488 e. The zero-order chi connectivity index (χ0) is 28.3. The molecule has 2 amide bonds. The van der Waals surface area contributed by atoms with Crippen LogP contribution in [-0.4, -0.2) is 68.7 Å². The van der Waals surface area contributed by atoms with Gasteiger partial charge in [0.25, 0.3) is 0 Å². The van der Waals surface area contributed by atoms with Gasteiger partial charge in [-0.2, -0.15) is 0 Å². The Bertz CT molecular complexity index is 1270. The summed E-state index contributed by atoms with van der Waals surface area (Å²) in [6.45, 7) is 0.847. The number of allylic oxidation sites excluding steroid dienone is 1. The number of rotatable bonds is 11. The number of aliphatic hydroxyl groups is 4. The molecule has 0 radical (unpaired) electrons. The molecule has 2 aliphatic rings. The highest BCUT2D eigenvalue weighted by atomic mass is 16.4. The van der Waals surface area contributed by atoms with E-state index in [0.717, 1.165) is 10.5 Å². The van der Waals surface area contributed by atoms with E-state index in [1.165, 1.54) is 24.3 Å². The summed E-state index contributed by atoms with van der Waals surface area (Å²) < 4.78 is 5.53. The number of furan rings is 1. The smallest absolute Gasteiger partial charge is 0.459 e. The third-order valence-corrected chi connectivity index (χ3v) is 7.73. The van der Waals surface area contributed by atoms with E-state index in [9.17, 15) is 40.1 Å². The number of hydrogen-bond acceptors (Lipinski definition) is 9. The molecule has 0 saturated carbocycles. The monoisotopic (exact) mass is 539 g/mol. The van der Waals surface area contributed by atoms with Crippen molar-refractivity contribution in [2.75, 3.05) is 18.1 Å². The first-order valence-electron chi connectivity index (χ1n) is 13.1. The average Bonchev–Trinajstić information content (AvgIpc) is 3.50. The molecule has 0 unspecified atom stereocenters. The van der Waals surface area contributed by atoms with Gasteiger partial charge in [0.1, 0.15) is 18.1 Å². The fourth-order valence-corrected chi connectivity index (χ4v) is 5.77. The molecule has 208 valence electrons. The number of aliphatic hydroxyl groups excluding tert-OH is 4. The van der Waals surface area contributed by atoms with Crippen molar-refractivity contribution in [1.82, 2.24) is 0 Å². The molecule has 1 fully saturated rings. The third kappa shape index (κ3) is 5.79. The van der Waals surface area contributed by atoms with Crippen molar-refractivity contribution in [3.63, 3.8) is 0 Å². The number of amides is 2. The van der Waals surface area contributed by atoms with Gasteiger partial charge < -0.3 is 34.9 Å². The number of carbonyl (C=O) groups excluding carboxylic acids is 2. The molecule has 6 N–H and O–H groups in total. The van der Waals surface area contributed by atoms with Crippen LogP contribution < -0.4 is 10.4 Å². The van der Waals surface area contributed by atoms with Crippen molar-refractivity contribution >= 4 is 36.2 Å². The van der Waals surface area contributed by atoms with Crippen LogP contribution in [0.2, 0.25) is 0 Å². The van der Waals surface area contributed by atoms with Gasteiger partial charge in [0, 0.05) is 5.92 Å². The standard InChI is InChI=1S/C28H34BNO9/c1-2-16(10-20-7-8-21(14-32)39-20)6-9-24(34)25-17(13-31)11-22-26(23(25)15-33)28(36)30(27(22)35)19-5-3-4-18(12-19)29(37)38/h3-5,7-8,10,12,22-24,26,31-34,37-38H,2,6,9,11,13-15H2,1H3/b16-10+/t22-,23+,24-,26-/m1/s1. The van der Waals surface area contributed by atoms with E-state index in [0.29, 0.717) is 35.5 Å². The Balaban J connectivity index is 1.57. The molecule has 2 heterocycles. The summed E-state index contributed by atoms with van der Waals surface area (Å²) in [6.07, 6.45) is 2.29. The van der Waals surface area contributed by atoms with E-state index in [4.69, 9.17) is 4.42 Å². The van der Waals surface area contributed by atoms with Gasteiger partial charge >= 0.3 is 7.12 Å². The number of imide groups is 1. The summed E-state index contributed by atoms with van der Waals surface area (Å²) in [4.78, 5) is 27.9. The minimum Gasteiger partial charge on any atom is -0.459 e. The minimum absolute atomic E-state index is 0.0697. The van der Waals surface area contributed by atoms with Gasteiger partial charge in [0.15, 0.2) is 0 Å². The lowest BCUT2D eigenvalue weighted by molar-refractivity contribution is -0.123. The number of nitrogens with zero attached hydrogens (tertiary/aromatic N) is 1. The zero-order valence-corrected chi connectivity index (χ0v) is 21.7. The average molecular weight is 539 g/mol. The predicted octanol–water partition coefficient (Wildman–Crippen LogP) is 0.493. The summed E-state index contributed by atoms with van der Waals surface area (Å²) in [5, 5.41) is 60.1. The van der Waals surface area contributed by atoms with Crippen LogP contribution in [0.5, 0.6) is 0 Å². The lowest BCUT2D eigenvalue weighted by atomic mass is 9.68. The number of benzene rings is 1. The van der Waals surface area contributed by atoms with Crippen molar-refractivity contribution in [3.05, 3.63) is 64.6 Å². The topological polar surface area (TPSA) is 172 Å². The minimum atomic E-state index is -1.78. The number of fused-ring (bicyclic) bond motifs is 1. The Morgan fingerprint density at radius 2 is 1.90 bits per heavy atom. The Morgan fingerprint density at radius 3 is 2.51 bits per heavy atom. The molecule has 4 rings (SSSR count). The lowest BCUT2D eigenvalue weighted by Crippen LogP contribution is -2.39. The first-order valence-corrected chi connectivity index (χ1v) is 13.1. The zero-order valence-electron chi connectivity index (χ0n) is 21.7. The molecule has 11 heteroatoms.